The summed E-state index contributed by atoms with van der Waals surface area (Å²) in [4.78, 5) is 1.29. The number of unbranched alkanes of at least 4 members (excludes halogenated alkanes) is 10. The summed E-state index contributed by atoms with van der Waals surface area (Å²) in [6.45, 7) is 4.41. The number of phenols is 1. The van der Waals surface area contributed by atoms with Gasteiger partial charge in [-0.25, -0.2) is 0 Å². The number of aromatic nitrogens is 3. The van der Waals surface area contributed by atoms with Crippen LogP contribution in [0.3, 0.4) is 0 Å². The molecule has 0 saturated heterocycles. The van der Waals surface area contributed by atoms with Crippen LogP contribution in [0.1, 0.15) is 108 Å². The van der Waals surface area contributed by atoms with Crippen molar-refractivity contribution in [2.75, 3.05) is 0 Å². The lowest BCUT2D eigenvalue weighted by atomic mass is 9.98. The number of aryl methyl sites for hydroxylation is 2. The van der Waals surface area contributed by atoms with Gasteiger partial charge in [0.15, 0.2) is 0 Å². The maximum Gasteiger partial charge on any atom is 0.416 e. The van der Waals surface area contributed by atoms with E-state index in [1.54, 1.807) is 0 Å². The molecule has 0 unspecified atom stereocenters. The third-order valence-electron chi connectivity index (χ3n) is 6.77. The van der Waals surface area contributed by atoms with Gasteiger partial charge < -0.3 is 5.11 Å². The highest BCUT2D eigenvalue weighted by atomic mass is 19.4. The zero-order chi connectivity index (χ0) is 26.0. The molecule has 36 heavy (non-hydrogen) atoms. The van der Waals surface area contributed by atoms with Crippen molar-refractivity contribution in [3.63, 3.8) is 0 Å². The average Bonchev–Trinajstić information content (AvgIpc) is 3.27. The van der Waals surface area contributed by atoms with Gasteiger partial charge in [-0.05, 0) is 61.1 Å². The highest BCUT2D eigenvalue weighted by molar-refractivity contribution is 5.75. The number of halogens is 3. The normalized spacial score (nSPS) is 12.0. The summed E-state index contributed by atoms with van der Waals surface area (Å²) >= 11 is 0. The van der Waals surface area contributed by atoms with Crippen molar-refractivity contribution in [3.8, 4) is 11.4 Å². The van der Waals surface area contributed by atoms with Crippen LogP contribution in [0, 0.1) is 0 Å². The molecule has 7 heteroatoms. The molecule has 0 saturated carbocycles. The summed E-state index contributed by atoms with van der Waals surface area (Å²) in [6, 6.07) is 7.32. The molecule has 0 bridgehead atoms. The highest BCUT2D eigenvalue weighted by Gasteiger charge is 2.31. The zero-order valence-corrected chi connectivity index (χ0v) is 21.7. The standard InChI is InChI=1S/C29H40F3N3O/c1-3-5-7-9-11-13-15-22-19-23(16-14-12-10-8-6-4-2)28(36)27(20-22)35-33-25-18-17-24(29(30,31)32)21-26(25)34-35/h17-21,36H,3-16H2,1-2H3. The lowest BCUT2D eigenvalue weighted by Gasteiger charge is -2.13. The lowest BCUT2D eigenvalue weighted by molar-refractivity contribution is -0.137. The minimum absolute atomic E-state index is 0.117. The van der Waals surface area contributed by atoms with Gasteiger partial charge in [0.1, 0.15) is 22.5 Å². The first-order chi connectivity index (χ1) is 17.3. The fourth-order valence-electron chi connectivity index (χ4n) is 4.63. The average molecular weight is 504 g/mol. The Kier molecular flexibility index (Phi) is 10.6. The van der Waals surface area contributed by atoms with Crippen molar-refractivity contribution in [3.05, 3.63) is 47.0 Å². The molecule has 4 nitrogen and oxygen atoms in total. The van der Waals surface area contributed by atoms with Crippen LogP contribution in [0.2, 0.25) is 0 Å². The van der Waals surface area contributed by atoms with Crippen LogP contribution in [0.25, 0.3) is 16.7 Å². The zero-order valence-electron chi connectivity index (χ0n) is 21.7. The molecular formula is C29H40F3N3O. The van der Waals surface area contributed by atoms with Crippen LogP contribution in [0.15, 0.2) is 30.3 Å². The Labute approximate surface area is 212 Å². The minimum atomic E-state index is -4.44. The summed E-state index contributed by atoms with van der Waals surface area (Å²) in [6.07, 6.45) is 11.4. The van der Waals surface area contributed by atoms with Gasteiger partial charge in [0, 0.05) is 0 Å². The van der Waals surface area contributed by atoms with Gasteiger partial charge in [0.2, 0.25) is 0 Å². The molecule has 0 aliphatic heterocycles. The second-order valence-corrected chi connectivity index (χ2v) is 9.85. The Morgan fingerprint density at radius 3 is 1.94 bits per heavy atom. The molecule has 0 spiro atoms. The third kappa shape index (κ3) is 7.97. The first-order valence-corrected chi connectivity index (χ1v) is 13.6. The van der Waals surface area contributed by atoms with E-state index in [2.05, 4.69) is 30.1 Å². The largest absolute Gasteiger partial charge is 0.505 e. The molecule has 0 atom stereocenters. The van der Waals surface area contributed by atoms with Crippen LogP contribution in [0.5, 0.6) is 5.75 Å². The number of alkyl halides is 3. The molecule has 0 amide bonds. The van der Waals surface area contributed by atoms with Gasteiger partial charge >= 0.3 is 6.18 Å². The number of benzene rings is 2. The number of rotatable bonds is 15. The van der Waals surface area contributed by atoms with Crippen molar-refractivity contribution in [1.82, 2.24) is 15.0 Å². The van der Waals surface area contributed by atoms with E-state index in [1.807, 2.05) is 6.07 Å². The molecule has 0 aliphatic carbocycles. The van der Waals surface area contributed by atoms with E-state index in [4.69, 9.17) is 0 Å². The van der Waals surface area contributed by atoms with E-state index >= 15 is 0 Å². The van der Waals surface area contributed by atoms with Gasteiger partial charge in [-0.1, -0.05) is 84.1 Å². The van der Waals surface area contributed by atoms with Crippen molar-refractivity contribution in [1.29, 1.82) is 0 Å². The lowest BCUT2D eigenvalue weighted by Crippen LogP contribution is -2.04. The Hall–Kier alpha value is -2.57. The van der Waals surface area contributed by atoms with E-state index in [0.717, 1.165) is 61.8 Å². The molecule has 198 valence electrons. The van der Waals surface area contributed by atoms with Gasteiger partial charge in [0.05, 0.1) is 5.56 Å². The van der Waals surface area contributed by atoms with E-state index < -0.39 is 11.7 Å². The van der Waals surface area contributed by atoms with Crippen molar-refractivity contribution < 1.29 is 18.3 Å². The van der Waals surface area contributed by atoms with Gasteiger partial charge in [-0.2, -0.15) is 13.2 Å². The number of hydrogen-bond donors (Lipinski definition) is 1. The van der Waals surface area contributed by atoms with Gasteiger partial charge in [-0.15, -0.1) is 15.0 Å². The number of nitrogens with zero attached hydrogens (tertiary/aromatic N) is 3. The molecule has 0 radical (unpaired) electrons. The second-order valence-electron chi connectivity index (χ2n) is 9.85. The minimum Gasteiger partial charge on any atom is -0.505 e. The van der Waals surface area contributed by atoms with Crippen LogP contribution >= 0.6 is 0 Å². The SMILES string of the molecule is CCCCCCCCc1cc(CCCCCCCC)c(O)c(-n2nc3ccc(C(F)(F)F)cc3n2)c1. The number of aromatic hydroxyl groups is 1. The van der Waals surface area contributed by atoms with Crippen LogP contribution in [-0.4, -0.2) is 20.1 Å². The fourth-order valence-corrected chi connectivity index (χ4v) is 4.63. The Morgan fingerprint density at radius 2 is 1.31 bits per heavy atom. The maximum atomic E-state index is 13.2. The predicted octanol–water partition coefficient (Wildman–Crippen LogP) is 8.95. The molecule has 0 aliphatic rings. The summed E-state index contributed by atoms with van der Waals surface area (Å²) in [5, 5.41) is 19.8. The van der Waals surface area contributed by atoms with Crippen molar-refractivity contribution in [2.24, 2.45) is 0 Å². The monoisotopic (exact) mass is 503 g/mol. The molecule has 3 aromatic rings. The molecule has 0 fully saturated rings. The summed E-state index contributed by atoms with van der Waals surface area (Å²) in [5.41, 5.74) is 2.17. The van der Waals surface area contributed by atoms with E-state index in [-0.39, 0.29) is 11.3 Å². The number of hydrogen-bond acceptors (Lipinski definition) is 3. The van der Waals surface area contributed by atoms with Crippen LogP contribution < -0.4 is 0 Å². The quantitative estimate of drug-likeness (QED) is 0.211. The van der Waals surface area contributed by atoms with Crippen LogP contribution in [0.4, 0.5) is 13.2 Å². The summed E-state index contributed by atoms with van der Waals surface area (Å²) in [7, 11) is 0. The third-order valence-corrected chi connectivity index (χ3v) is 6.77. The Bertz CT molecular complexity index is 1090. The first kappa shape index (κ1) is 28.0. The summed E-state index contributed by atoms with van der Waals surface area (Å²) < 4.78 is 39.5. The Balaban J connectivity index is 1.82. The van der Waals surface area contributed by atoms with Crippen LogP contribution in [-0.2, 0) is 19.0 Å². The van der Waals surface area contributed by atoms with Gasteiger partial charge in [0.25, 0.3) is 0 Å². The molecule has 2 aromatic carbocycles. The molecular weight excluding hydrogens is 463 g/mol. The predicted molar refractivity (Wildman–Crippen MR) is 140 cm³/mol. The summed E-state index contributed by atoms with van der Waals surface area (Å²) in [5.74, 6) is 0.117. The number of phenolic OH excluding ortho intramolecular Hbond substituents is 1. The topological polar surface area (TPSA) is 50.9 Å². The van der Waals surface area contributed by atoms with E-state index in [9.17, 15) is 18.3 Å². The molecule has 1 N–H and O–H groups in total. The van der Waals surface area contributed by atoms with Crippen molar-refractivity contribution in [2.45, 2.75) is 110 Å². The molecule has 1 heterocycles. The van der Waals surface area contributed by atoms with E-state index in [1.165, 1.54) is 62.2 Å². The first-order valence-electron chi connectivity index (χ1n) is 13.6. The smallest absolute Gasteiger partial charge is 0.416 e. The van der Waals surface area contributed by atoms with E-state index in [0.29, 0.717) is 11.2 Å². The number of fused-ring (bicyclic) bond motifs is 1. The molecule has 3 rings (SSSR count). The fraction of sp³-hybridized carbons (Fsp3) is 0.586. The highest BCUT2D eigenvalue weighted by Crippen LogP contribution is 2.33. The Morgan fingerprint density at radius 1 is 0.722 bits per heavy atom. The maximum absolute atomic E-state index is 13.2. The van der Waals surface area contributed by atoms with Crippen molar-refractivity contribution >= 4 is 11.0 Å². The van der Waals surface area contributed by atoms with Gasteiger partial charge in [-0.3, -0.25) is 0 Å². The second kappa shape index (κ2) is 13.7. The molecule has 1 aromatic heterocycles.